The molecule has 0 aliphatic carbocycles. The summed E-state index contributed by atoms with van der Waals surface area (Å²) in [5.41, 5.74) is 0. The van der Waals surface area contributed by atoms with Crippen LogP contribution in [0.1, 0.15) is 13.8 Å². The molecule has 2 N–H and O–H groups in total. The number of hydrogen-bond donors (Lipinski definition) is 2. The minimum absolute atomic E-state index is 0. The molecule has 0 bridgehead atoms. The molecular weight excluding hydrogens is 288 g/mol. The maximum Gasteiger partial charge on any atom is 0.206 e. The van der Waals surface area contributed by atoms with E-state index in [0.29, 0.717) is 0 Å². The molecule has 0 spiro atoms. The summed E-state index contributed by atoms with van der Waals surface area (Å²) < 4.78 is 0. The van der Waals surface area contributed by atoms with E-state index in [1.807, 2.05) is 0 Å². The van der Waals surface area contributed by atoms with Gasteiger partial charge in [-0.05, 0) is 7.05 Å². The molecule has 16 heavy (non-hydrogen) atoms. The summed E-state index contributed by atoms with van der Waals surface area (Å²) in [5, 5.41) is 4.31. The fraction of sp³-hybridized carbons (Fsp3) is 0.500. The van der Waals surface area contributed by atoms with Crippen LogP contribution in [0.4, 0.5) is 0 Å². The molecule has 0 aromatic heterocycles. The summed E-state index contributed by atoms with van der Waals surface area (Å²) in [6.07, 6.45) is 5.89. The van der Waals surface area contributed by atoms with Crippen molar-refractivity contribution in [2.75, 3.05) is 7.05 Å². The van der Waals surface area contributed by atoms with Gasteiger partial charge in [0.2, 0.25) is 7.41 Å². The standard InChI is InChI=1S/C2H4BNO.C2H4NO.2C2H3O.Y/c1-3-4-2-5;1-3-2-4;2*1-2-3;/h1H3,(H,4,5);1H3,(H,3,4);2*1H3;/q4*-1;. The fourth-order valence-corrected chi connectivity index (χ4v) is 0.0589. The van der Waals surface area contributed by atoms with Crippen LogP contribution < -0.4 is 10.5 Å². The van der Waals surface area contributed by atoms with Crippen molar-refractivity contribution < 1.29 is 51.9 Å². The molecule has 0 rings (SSSR count). The first-order chi connectivity index (χ1) is 7.16. The topological polar surface area (TPSA) is 92.3 Å². The zero-order chi connectivity index (χ0) is 12.9. The average molecular weight is 302 g/mol. The predicted octanol–water partition coefficient (Wildman–Crippen LogP) is -1.19. The quantitative estimate of drug-likeness (QED) is 0.390. The van der Waals surface area contributed by atoms with Crippen LogP contribution in [0.15, 0.2) is 0 Å². The average Bonchev–Trinajstić information content (AvgIpc) is 2.22. The van der Waals surface area contributed by atoms with Gasteiger partial charge in [0.15, 0.2) is 0 Å². The molecule has 0 aromatic carbocycles. The first-order valence-electron chi connectivity index (χ1n) is 3.68. The molecule has 2 radical (unpaired) electrons. The Balaban J connectivity index is -0.0000000338. The van der Waals surface area contributed by atoms with Crippen LogP contribution in [-0.2, 0) is 51.9 Å². The molecule has 2 amide bonds. The van der Waals surface area contributed by atoms with Gasteiger partial charge in [-0.1, -0.05) is 6.82 Å². The smallest absolute Gasteiger partial charge is 0.206 e. The molecule has 0 aromatic rings. The Morgan fingerprint density at radius 1 is 0.938 bits per heavy atom. The summed E-state index contributed by atoms with van der Waals surface area (Å²) in [6.45, 7) is 4.35. The first-order valence-corrected chi connectivity index (χ1v) is 3.68. The summed E-state index contributed by atoms with van der Waals surface area (Å²) in [4.78, 5) is 35.4. The summed E-state index contributed by atoms with van der Waals surface area (Å²) in [6, 6.07) is 0. The van der Waals surface area contributed by atoms with Gasteiger partial charge in [0.05, 0.1) is 0 Å². The third kappa shape index (κ3) is 348. The molecule has 0 atom stereocenters. The predicted molar refractivity (Wildman–Crippen MR) is 57.9 cm³/mol. The van der Waals surface area contributed by atoms with E-state index in [-0.39, 0.29) is 32.7 Å². The van der Waals surface area contributed by atoms with E-state index < -0.39 is 0 Å². The second-order valence-corrected chi connectivity index (χ2v) is 1.30. The van der Waals surface area contributed by atoms with Gasteiger partial charge in [-0.25, -0.2) is 0 Å². The Morgan fingerprint density at radius 3 is 1.19 bits per heavy atom. The van der Waals surface area contributed by atoms with Gasteiger partial charge in [-0.3, -0.25) is 12.6 Å². The zero-order valence-corrected chi connectivity index (χ0v) is 12.6. The van der Waals surface area contributed by atoms with Crippen LogP contribution in [0.3, 0.4) is 0 Å². The van der Waals surface area contributed by atoms with Crippen LogP contribution in [-0.4, -0.2) is 39.9 Å². The van der Waals surface area contributed by atoms with E-state index in [9.17, 15) is 0 Å². The van der Waals surface area contributed by atoms with Gasteiger partial charge in [0.1, 0.15) is 0 Å². The van der Waals surface area contributed by atoms with Gasteiger partial charge in [-0.15, -0.1) is 0 Å². The molecule has 0 aliphatic heterocycles. The third-order valence-corrected chi connectivity index (χ3v) is 0.305. The number of carbonyl (C=O) groups excluding carboxylic acids is 4. The van der Waals surface area contributed by atoms with E-state index in [2.05, 4.69) is 10.5 Å². The monoisotopic (exact) mass is 302 g/mol. The van der Waals surface area contributed by atoms with Crippen molar-refractivity contribution in [2.24, 2.45) is 0 Å². The molecule has 90 valence electrons. The van der Waals surface area contributed by atoms with Crippen molar-refractivity contribution in [3.05, 3.63) is 0 Å². The van der Waals surface area contributed by atoms with Crippen LogP contribution in [0.2, 0.25) is 6.82 Å². The molecule has 6 nitrogen and oxygen atoms in total. The third-order valence-electron chi connectivity index (χ3n) is 0.305. The van der Waals surface area contributed by atoms with Gasteiger partial charge < -0.3 is 29.7 Å². The fourth-order valence-electron chi connectivity index (χ4n) is 0.0589. The number of hydrogen-bond acceptors (Lipinski definition) is 4. The van der Waals surface area contributed by atoms with Gasteiger partial charge in [-0.2, -0.15) is 26.7 Å². The molecule has 0 saturated carbocycles. The molecule has 0 unspecified atom stereocenters. The normalized spacial score (nSPS) is 4.75. The number of nitrogens with one attached hydrogen (secondary N) is 2. The number of rotatable bonds is 3. The van der Waals surface area contributed by atoms with Gasteiger partial charge in [0, 0.05) is 32.7 Å². The van der Waals surface area contributed by atoms with Crippen LogP contribution >= 0.6 is 0 Å². The van der Waals surface area contributed by atoms with Crippen molar-refractivity contribution in [1.82, 2.24) is 10.5 Å². The summed E-state index contributed by atoms with van der Waals surface area (Å²) in [7, 11) is 3.01. The zero-order valence-electron chi connectivity index (χ0n) is 9.79. The van der Waals surface area contributed by atoms with Crippen molar-refractivity contribution in [1.29, 1.82) is 0 Å². The van der Waals surface area contributed by atoms with Crippen molar-refractivity contribution in [3.8, 4) is 0 Å². The summed E-state index contributed by atoms with van der Waals surface area (Å²) in [5.74, 6) is 0. The largest absolute Gasteiger partial charge is 0.580 e. The van der Waals surface area contributed by atoms with E-state index in [4.69, 9.17) is 19.2 Å². The Morgan fingerprint density at radius 2 is 1.19 bits per heavy atom. The van der Waals surface area contributed by atoms with Crippen LogP contribution in [0, 0.1) is 0 Å². The van der Waals surface area contributed by atoms with Gasteiger partial charge in [0.25, 0.3) is 0 Å². The summed E-state index contributed by atoms with van der Waals surface area (Å²) >= 11 is 0. The molecule has 0 saturated heterocycles. The minimum atomic E-state index is 0. The maximum atomic E-state index is 9.14. The Labute approximate surface area is 122 Å². The molecule has 0 heterocycles. The molecule has 8 heteroatoms. The minimum Gasteiger partial charge on any atom is -0.580 e. The SMILES string of the molecule is CN[C-]=O.C[B]N[C-]=O.C[C-]=O.C[C-]=O.[Y]. The second-order valence-electron chi connectivity index (χ2n) is 1.30. The second kappa shape index (κ2) is 62.8. The van der Waals surface area contributed by atoms with E-state index in [1.165, 1.54) is 53.7 Å². The van der Waals surface area contributed by atoms with Crippen LogP contribution in [0.25, 0.3) is 0 Å². The maximum absolute atomic E-state index is 9.14. The van der Waals surface area contributed by atoms with Crippen LogP contribution in [0.5, 0.6) is 0 Å². The van der Waals surface area contributed by atoms with Gasteiger partial charge >= 0.3 is 0 Å². The molecule has 0 fully saturated rings. The molecule has 0 aliphatic rings. The Hall–Kier alpha value is -0.551. The van der Waals surface area contributed by atoms with Crippen molar-refractivity contribution >= 4 is 32.8 Å². The number of amides is 2. The Kier molecular flexibility index (Phi) is 116. The van der Waals surface area contributed by atoms with Crippen molar-refractivity contribution in [3.63, 3.8) is 0 Å². The van der Waals surface area contributed by atoms with E-state index >= 15 is 0 Å². The first kappa shape index (κ1) is 29.5. The molecular formula is C8H14BN2O4Y-4. The Bertz CT molecular complexity index is 133. The van der Waals surface area contributed by atoms with E-state index in [1.54, 1.807) is 6.82 Å². The van der Waals surface area contributed by atoms with E-state index in [0.717, 1.165) is 0 Å². The van der Waals surface area contributed by atoms with Crippen molar-refractivity contribution in [2.45, 2.75) is 20.7 Å².